The first-order chi connectivity index (χ1) is 5.42. The van der Waals surface area contributed by atoms with E-state index in [2.05, 4.69) is 11.0 Å². The van der Waals surface area contributed by atoms with Crippen molar-refractivity contribution in [2.24, 2.45) is 0 Å². The molecule has 3 heteroatoms. The Morgan fingerprint density at radius 1 is 1.73 bits per heavy atom. The van der Waals surface area contributed by atoms with Crippen molar-refractivity contribution in [1.29, 1.82) is 0 Å². The summed E-state index contributed by atoms with van der Waals surface area (Å²) >= 11 is 0. The lowest BCUT2D eigenvalue weighted by Gasteiger charge is -2.10. The number of hydrogen-bond donors (Lipinski definition) is 1. The molecule has 2 atom stereocenters. The summed E-state index contributed by atoms with van der Waals surface area (Å²) in [4.78, 5) is 4.36. The summed E-state index contributed by atoms with van der Waals surface area (Å²) in [5, 5.41) is 8.58. The molecule has 0 bridgehead atoms. The van der Waals surface area contributed by atoms with Gasteiger partial charge in [-0.25, -0.2) is 4.89 Å². The summed E-state index contributed by atoms with van der Waals surface area (Å²) < 4.78 is 5.05. The zero-order chi connectivity index (χ0) is 7.68. The van der Waals surface area contributed by atoms with E-state index in [4.69, 9.17) is 9.99 Å². The summed E-state index contributed by atoms with van der Waals surface area (Å²) in [6.45, 7) is 0.725. The average molecular weight is 156 g/mol. The van der Waals surface area contributed by atoms with Crippen LogP contribution in [-0.4, -0.2) is 24.1 Å². The fourth-order valence-corrected chi connectivity index (χ4v) is 1.56. The van der Waals surface area contributed by atoms with Crippen LogP contribution in [0.2, 0.25) is 0 Å². The van der Waals surface area contributed by atoms with Crippen LogP contribution in [0.25, 0.3) is 0 Å². The summed E-state index contributed by atoms with van der Waals surface area (Å²) in [7, 11) is 0. The van der Waals surface area contributed by atoms with Crippen molar-refractivity contribution in [3.63, 3.8) is 0 Å². The van der Waals surface area contributed by atoms with Crippen molar-refractivity contribution in [3.05, 3.63) is 11.6 Å². The highest BCUT2D eigenvalue weighted by Gasteiger charge is 2.36. The molecule has 1 N–H and O–H groups in total. The van der Waals surface area contributed by atoms with Crippen LogP contribution >= 0.6 is 0 Å². The fraction of sp³-hybridized carbons (Fsp3) is 0.750. The maximum atomic E-state index is 8.58. The maximum absolute atomic E-state index is 8.58. The first-order valence-electron chi connectivity index (χ1n) is 4.02. The first kappa shape index (κ1) is 7.28. The van der Waals surface area contributed by atoms with E-state index in [0.717, 1.165) is 19.4 Å². The van der Waals surface area contributed by atoms with Gasteiger partial charge in [-0.1, -0.05) is 6.08 Å². The third-order valence-corrected chi connectivity index (χ3v) is 2.25. The van der Waals surface area contributed by atoms with Gasteiger partial charge in [0.2, 0.25) is 0 Å². The molecule has 1 fully saturated rings. The van der Waals surface area contributed by atoms with Gasteiger partial charge in [0.15, 0.2) is 0 Å². The molecule has 0 aromatic rings. The van der Waals surface area contributed by atoms with E-state index in [1.54, 1.807) is 0 Å². The monoisotopic (exact) mass is 156 g/mol. The quantitative estimate of drug-likeness (QED) is 0.290. The van der Waals surface area contributed by atoms with Crippen LogP contribution in [0.15, 0.2) is 11.6 Å². The van der Waals surface area contributed by atoms with Gasteiger partial charge in [-0.3, -0.25) is 5.26 Å². The van der Waals surface area contributed by atoms with Gasteiger partial charge in [0.25, 0.3) is 0 Å². The highest BCUT2D eigenvalue weighted by molar-refractivity contribution is 5.16. The van der Waals surface area contributed by atoms with Gasteiger partial charge < -0.3 is 4.74 Å². The minimum absolute atomic E-state index is 0.115. The van der Waals surface area contributed by atoms with Gasteiger partial charge in [0.05, 0.1) is 6.61 Å². The molecule has 1 heterocycles. The summed E-state index contributed by atoms with van der Waals surface area (Å²) in [5.74, 6) is 0. The second-order valence-corrected chi connectivity index (χ2v) is 3.07. The van der Waals surface area contributed by atoms with Crippen molar-refractivity contribution in [1.82, 2.24) is 0 Å². The average Bonchev–Trinajstić information content (AvgIpc) is 2.68. The Morgan fingerprint density at radius 2 is 2.55 bits per heavy atom. The highest BCUT2D eigenvalue weighted by Crippen LogP contribution is 2.29. The van der Waals surface area contributed by atoms with E-state index in [9.17, 15) is 0 Å². The van der Waals surface area contributed by atoms with Crippen LogP contribution < -0.4 is 0 Å². The SMILES string of the molecule is OOC(C1=CCCC1)C1CO1. The first-order valence-corrected chi connectivity index (χ1v) is 4.02. The minimum Gasteiger partial charge on any atom is -0.370 e. The van der Waals surface area contributed by atoms with Crippen molar-refractivity contribution in [2.75, 3.05) is 6.61 Å². The maximum Gasteiger partial charge on any atom is 0.142 e. The molecule has 3 nitrogen and oxygen atoms in total. The van der Waals surface area contributed by atoms with Gasteiger partial charge >= 0.3 is 0 Å². The second-order valence-electron chi connectivity index (χ2n) is 3.07. The molecule has 0 radical (unpaired) electrons. The molecule has 0 aromatic heterocycles. The molecule has 0 spiro atoms. The molecule has 0 aromatic carbocycles. The molecule has 1 aliphatic carbocycles. The number of ether oxygens (including phenoxy) is 1. The molecule has 1 aliphatic heterocycles. The summed E-state index contributed by atoms with van der Waals surface area (Å²) in [6.07, 6.45) is 5.42. The Labute approximate surface area is 65.5 Å². The molecule has 11 heavy (non-hydrogen) atoms. The molecule has 0 amide bonds. The van der Waals surface area contributed by atoms with Gasteiger partial charge in [-0.05, 0) is 24.8 Å². The Kier molecular flexibility index (Phi) is 1.94. The van der Waals surface area contributed by atoms with Crippen molar-refractivity contribution >= 4 is 0 Å². The van der Waals surface area contributed by atoms with Crippen LogP contribution in [-0.2, 0) is 9.62 Å². The predicted molar refractivity (Wildman–Crippen MR) is 39.2 cm³/mol. The van der Waals surface area contributed by atoms with Gasteiger partial charge in [-0.2, -0.15) is 0 Å². The lowest BCUT2D eigenvalue weighted by molar-refractivity contribution is -0.272. The summed E-state index contributed by atoms with van der Waals surface area (Å²) in [5.41, 5.74) is 1.20. The Bertz CT molecular complexity index is 172. The number of rotatable bonds is 3. The fourth-order valence-electron chi connectivity index (χ4n) is 1.56. The molecule has 62 valence electrons. The number of epoxide rings is 1. The Hall–Kier alpha value is -0.380. The van der Waals surface area contributed by atoms with Crippen molar-refractivity contribution in [3.8, 4) is 0 Å². The second kappa shape index (κ2) is 2.93. The van der Waals surface area contributed by atoms with Gasteiger partial charge in [0.1, 0.15) is 12.2 Å². The van der Waals surface area contributed by atoms with Crippen molar-refractivity contribution in [2.45, 2.75) is 31.5 Å². The van der Waals surface area contributed by atoms with Crippen LogP contribution in [0.1, 0.15) is 19.3 Å². The van der Waals surface area contributed by atoms with E-state index < -0.39 is 0 Å². The van der Waals surface area contributed by atoms with Gasteiger partial charge in [0, 0.05) is 0 Å². The van der Waals surface area contributed by atoms with Crippen LogP contribution in [0, 0.1) is 0 Å². The van der Waals surface area contributed by atoms with Crippen LogP contribution in [0.5, 0.6) is 0 Å². The van der Waals surface area contributed by atoms with E-state index in [0.29, 0.717) is 0 Å². The lowest BCUT2D eigenvalue weighted by Crippen LogP contribution is -2.20. The molecule has 2 unspecified atom stereocenters. The smallest absolute Gasteiger partial charge is 0.142 e. The van der Waals surface area contributed by atoms with E-state index >= 15 is 0 Å². The minimum atomic E-state index is -0.183. The topological polar surface area (TPSA) is 42.0 Å². The third-order valence-electron chi connectivity index (χ3n) is 2.25. The molecule has 0 saturated carbocycles. The molecule has 1 saturated heterocycles. The standard InChI is InChI=1S/C8H12O3/c9-11-8(7-5-10-7)6-3-1-2-4-6/h3,7-9H,1-2,4-5H2. The molecule has 2 aliphatic rings. The number of hydrogen-bond acceptors (Lipinski definition) is 3. The molecular weight excluding hydrogens is 144 g/mol. The normalized spacial score (nSPS) is 31.7. The largest absolute Gasteiger partial charge is 0.370 e. The zero-order valence-electron chi connectivity index (χ0n) is 6.32. The molecule has 2 rings (SSSR count). The zero-order valence-corrected chi connectivity index (χ0v) is 6.32. The van der Waals surface area contributed by atoms with Crippen LogP contribution in [0.3, 0.4) is 0 Å². The van der Waals surface area contributed by atoms with Crippen LogP contribution in [0.4, 0.5) is 0 Å². The Morgan fingerprint density at radius 3 is 3.00 bits per heavy atom. The Balaban J connectivity index is 1.98. The third kappa shape index (κ3) is 1.45. The predicted octanol–water partition coefficient (Wildman–Crippen LogP) is 1.35. The van der Waals surface area contributed by atoms with Crippen molar-refractivity contribution < 1.29 is 14.9 Å². The van der Waals surface area contributed by atoms with Gasteiger partial charge in [-0.15, -0.1) is 0 Å². The lowest BCUT2D eigenvalue weighted by atomic mass is 10.1. The highest BCUT2D eigenvalue weighted by atomic mass is 17.1. The number of allylic oxidation sites excluding steroid dienone is 1. The molecular formula is C8H12O3. The van der Waals surface area contributed by atoms with E-state index in [1.165, 1.54) is 12.0 Å². The van der Waals surface area contributed by atoms with E-state index in [1.807, 2.05) is 0 Å². The summed E-state index contributed by atoms with van der Waals surface area (Å²) in [6, 6.07) is 0. The van der Waals surface area contributed by atoms with E-state index in [-0.39, 0.29) is 12.2 Å².